The van der Waals surface area contributed by atoms with E-state index in [-0.39, 0.29) is 36.1 Å². The van der Waals surface area contributed by atoms with E-state index in [2.05, 4.69) is 5.23 Å². The van der Waals surface area contributed by atoms with Crippen molar-refractivity contribution in [3.63, 3.8) is 0 Å². The van der Waals surface area contributed by atoms with Crippen molar-refractivity contribution in [3.8, 4) is 5.75 Å². The van der Waals surface area contributed by atoms with Crippen LogP contribution < -0.4 is 15.4 Å². The van der Waals surface area contributed by atoms with Crippen molar-refractivity contribution in [1.29, 1.82) is 0 Å². The van der Waals surface area contributed by atoms with E-state index in [4.69, 9.17) is 22.2 Å². The Morgan fingerprint density at radius 1 is 0.946 bits per heavy atom. The molecule has 0 aliphatic heterocycles. The predicted molar refractivity (Wildman–Crippen MR) is 141 cm³/mol. The van der Waals surface area contributed by atoms with Crippen molar-refractivity contribution in [2.24, 2.45) is 0 Å². The summed E-state index contributed by atoms with van der Waals surface area (Å²) < 4.78 is 17.3. The van der Waals surface area contributed by atoms with E-state index in [0.29, 0.717) is 6.42 Å². The van der Waals surface area contributed by atoms with Crippen molar-refractivity contribution in [1.82, 2.24) is 9.79 Å². The molecule has 8 nitrogen and oxygen atoms in total. The van der Waals surface area contributed by atoms with Gasteiger partial charge in [0, 0.05) is 18.7 Å². The van der Waals surface area contributed by atoms with Crippen LogP contribution in [0.3, 0.4) is 0 Å². The van der Waals surface area contributed by atoms with Crippen LogP contribution in [0.4, 0.5) is 0 Å². The second-order valence-corrected chi connectivity index (χ2v) is 8.42. The molecule has 0 aliphatic carbocycles. The molecule has 3 rings (SSSR count). The predicted octanol–water partition coefficient (Wildman–Crippen LogP) is 3.65. The number of esters is 2. The van der Waals surface area contributed by atoms with Crippen molar-refractivity contribution >= 4 is 19.9 Å². The second kappa shape index (κ2) is 13.5. The van der Waals surface area contributed by atoms with Crippen molar-refractivity contribution in [2.75, 3.05) is 27.4 Å². The van der Waals surface area contributed by atoms with Gasteiger partial charge in [-0.05, 0) is 17.5 Å². The average Bonchev–Trinajstić information content (AvgIpc) is 2.94. The zero-order valence-corrected chi connectivity index (χ0v) is 21.3. The molecule has 0 saturated heterocycles. The summed E-state index contributed by atoms with van der Waals surface area (Å²) >= 11 is 0. The number of unbranched alkanes of at least 4 members (excludes halogenated alkanes) is 1. The van der Waals surface area contributed by atoms with Gasteiger partial charge in [-0.2, -0.15) is 0 Å². The number of ether oxygens (including phenoxy) is 3. The summed E-state index contributed by atoms with van der Waals surface area (Å²) in [5.41, 5.74) is 0.778. The lowest BCUT2D eigenvalue weighted by Gasteiger charge is -2.33. The van der Waals surface area contributed by atoms with Gasteiger partial charge in [0.2, 0.25) is 5.43 Å². The van der Waals surface area contributed by atoms with Crippen molar-refractivity contribution < 1.29 is 23.8 Å². The Kier molecular flexibility index (Phi) is 10.1. The normalized spacial score (nSPS) is 11.7. The minimum Gasteiger partial charge on any atom is -0.487 e. The summed E-state index contributed by atoms with van der Waals surface area (Å²) in [5, 5.41) is 2.71. The summed E-state index contributed by atoms with van der Waals surface area (Å²) in [6.07, 6.45) is 2.78. The molecule has 37 heavy (non-hydrogen) atoms. The van der Waals surface area contributed by atoms with E-state index in [0.717, 1.165) is 17.5 Å². The number of methoxy groups -OCH3 is 2. The number of hydrogen-bond acceptors (Lipinski definition) is 7. The molecule has 0 unspecified atom stereocenters. The van der Waals surface area contributed by atoms with Gasteiger partial charge in [0.05, 0.1) is 26.9 Å². The van der Waals surface area contributed by atoms with Crippen LogP contribution in [0.5, 0.6) is 5.75 Å². The minimum absolute atomic E-state index is 0.103. The molecule has 0 amide bonds. The molecular formula is C28H31BN2O6. The highest BCUT2D eigenvalue weighted by atomic mass is 16.5. The first-order chi connectivity index (χ1) is 18.0. The Hall–Kier alpha value is -3.85. The summed E-state index contributed by atoms with van der Waals surface area (Å²) in [4.78, 5) is 39.2. The van der Waals surface area contributed by atoms with Gasteiger partial charge in [-0.15, -0.1) is 0 Å². The number of aromatic nitrogens is 1. The molecule has 0 bridgehead atoms. The van der Waals surface area contributed by atoms with E-state index in [9.17, 15) is 14.4 Å². The van der Waals surface area contributed by atoms with Gasteiger partial charge in [-0.25, -0.2) is 9.59 Å². The van der Waals surface area contributed by atoms with Crippen LogP contribution >= 0.6 is 0 Å². The van der Waals surface area contributed by atoms with Gasteiger partial charge in [0.25, 0.3) is 0 Å². The first-order valence-corrected chi connectivity index (χ1v) is 12.1. The fourth-order valence-corrected chi connectivity index (χ4v) is 4.33. The summed E-state index contributed by atoms with van der Waals surface area (Å²) in [7, 11) is 8.26. The van der Waals surface area contributed by atoms with Crippen LogP contribution in [0.1, 0.15) is 63.7 Å². The molecule has 3 aromatic rings. The maximum absolute atomic E-state index is 13.4. The number of pyridine rings is 1. The highest BCUT2D eigenvalue weighted by Gasteiger charge is 2.33. The monoisotopic (exact) mass is 502 g/mol. The Morgan fingerprint density at radius 3 is 2.00 bits per heavy atom. The molecule has 2 aromatic carbocycles. The Labute approximate surface area is 218 Å². The maximum Gasteiger partial charge on any atom is 0.358 e. The maximum atomic E-state index is 13.4. The fourth-order valence-electron chi connectivity index (χ4n) is 4.33. The number of hydrogen-bond donors (Lipinski definition) is 1. The molecule has 192 valence electrons. The van der Waals surface area contributed by atoms with Crippen LogP contribution in [0.2, 0.25) is 0 Å². The van der Waals surface area contributed by atoms with Crippen LogP contribution in [0.25, 0.3) is 0 Å². The standard InChI is InChI=1S/C28H31BN2O6/c1-4-5-16-37-26-24(28(34)36-3)31(18-21(25(26)32)27(33)35-2)22(17-30-29)23(19-12-8-6-9-13-19)20-14-10-7-11-15-20/h6-15,18,22-23,30H,4-5,16-17H2,1-3H3/t22-/m1/s1. The summed E-state index contributed by atoms with van der Waals surface area (Å²) in [6, 6.07) is 18.8. The van der Waals surface area contributed by atoms with E-state index < -0.39 is 23.4 Å². The van der Waals surface area contributed by atoms with Crippen molar-refractivity contribution in [3.05, 3.63) is 99.5 Å². The Morgan fingerprint density at radius 2 is 1.51 bits per heavy atom. The Bertz CT molecular complexity index is 1210. The zero-order valence-electron chi connectivity index (χ0n) is 21.3. The van der Waals surface area contributed by atoms with E-state index in [1.807, 2.05) is 67.6 Å². The largest absolute Gasteiger partial charge is 0.487 e. The van der Waals surface area contributed by atoms with Gasteiger partial charge < -0.3 is 24.0 Å². The number of nitrogens with zero attached hydrogens (tertiary/aromatic N) is 1. The van der Waals surface area contributed by atoms with E-state index in [1.54, 1.807) is 4.57 Å². The van der Waals surface area contributed by atoms with E-state index in [1.165, 1.54) is 20.4 Å². The molecular weight excluding hydrogens is 471 g/mol. The number of carbonyl (C=O) groups is 2. The SMILES string of the molecule is [B]NC[C@H](C(c1ccccc1)c1ccccc1)n1cc(C(=O)OC)c(=O)c(OCCCC)c1C(=O)OC. The topological polar surface area (TPSA) is 95.9 Å². The highest BCUT2D eigenvalue weighted by molar-refractivity contribution is 6.04. The summed E-state index contributed by atoms with van der Waals surface area (Å²) in [5.74, 6) is -2.21. The van der Waals surface area contributed by atoms with Crippen molar-refractivity contribution in [2.45, 2.75) is 31.7 Å². The molecule has 0 fully saturated rings. The lowest BCUT2D eigenvalue weighted by atomic mass is 9.84. The molecule has 0 saturated carbocycles. The van der Waals surface area contributed by atoms with Gasteiger partial charge in [0.15, 0.2) is 19.4 Å². The van der Waals surface area contributed by atoms with Crippen LogP contribution in [-0.4, -0.2) is 51.9 Å². The van der Waals surface area contributed by atoms with E-state index >= 15 is 0 Å². The molecule has 9 heteroatoms. The molecule has 0 spiro atoms. The lowest BCUT2D eigenvalue weighted by molar-refractivity contribution is 0.0563. The Balaban J connectivity index is 2.38. The van der Waals surface area contributed by atoms with Gasteiger partial charge in [0.1, 0.15) is 5.56 Å². The zero-order chi connectivity index (χ0) is 26.8. The first kappa shape index (κ1) is 27.7. The molecule has 0 aliphatic rings. The van der Waals surface area contributed by atoms with Gasteiger partial charge in [-0.1, -0.05) is 74.0 Å². The minimum atomic E-state index is -0.842. The third-order valence-corrected chi connectivity index (χ3v) is 6.11. The fraction of sp³-hybridized carbons (Fsp3) is 0.321. The molecule has 1 N–H and O–H groups in total. The third-order valence-electron chi connectivity index (χ3n) is 6.11. The average molecular weight is 502 g/mol. The smallest absolute Gasteiger partial charge is 0.358 e. The second-order valence-electron chi connectivity index (χ2n) is 8.42. The van der Waals surface area contributed by atoms with Crippen LogP contribution in [-0.2, 0) is 9.47 Å². The molecule has 1 heterocycles. The molecule has 1 aromatic heterocycles. The number of rotatable bonds is 12. The van der Waals surface area contributed by atoms with Gasteiger partial charge in [-0.3, -0.25) is 4.79 Å². The first-order valence-electron chi connectivity index (χ1n) is 12.1. The molecule has 2 radical (unpaired) electrons. The third kappa shape index (κ3) is 6.29. The summed E-state index contributed by atoms with van der Waals surface area (Å²) in [6.45, 7) is 2.33. The highest BCUT2D eigenvalue weighted by Crippen LogP contribution is 2.37. The quantitative estimate of drug-likeness (QED) is 0.230. The number of benzene rings is 2. The van der Waals surface area contributed by atoms with Gasteiger partial charge >= 0.3 is 11.9 Å². The van der Waals surface area contributed by atoms with Crippen LogP contribution in [0.15, 0.2) is 71.7 Å². The lowest BCUT2D eigenvalue weighted by Crippen LogP contribution is -2.35. The van der Waals surface area contributed by atoms with Crippen LogP contribution in [0, 0.1) is 0 Å². The number of carbonyl (C=O) groups excluding carboxylic acids is 2. The molecule has 1 atom stereocenters. The number of nitrogens with one attached hydrogen (secondary N) is 1.